The van der Waals surface area contributed by atoms with Gasteiger partial charge in [-0.05, 0) is 0 Å². The third-order valence-electron chi connectivity index (χ3n) is 2.55. The molecule has 0 unspecified atom stereocenters. The monoisotopic (exact) mass is 402 g/mol. The van der Waals surface area contributed by atoms with Crippen molar-refractivity contribution >= 4 is 17.8 Å². The summed E-state index contributed by atoms with van der Waals surface area (Å²) in [4.78, 5) is 34.7. The number of hydrogen-bond donors (Lipinski definition) is 5. The van der Waals surface area contributed by atoms with Crippen molar-refractivity contribution in [3.8, 4) is 0 Å². The number of hydrogen-bond acceptors (Lipinski definition) is 6. The quantitative estimate of drug-likeness (QED) is 0.150. The topological polar surface area (TPSA) is 147 Å². The van der Waals surface area contributed by atoms with Gasteiger partial charge < -0.3 is 30.6 Å². The molecule has 0 aliphatic heterocycles. The number of amides is 2. The number of aliphatic hydroxyl groups excluding tert-OH is 3. The summed E-state index contributed by atoms with van der Waals surface area (Å²) >= 11 is 0. The first-order valence-electron chi connectivity index (χ1n) is 7.90. The molecule has 0 radical (unpaired) electrons. The van der Waals surface area contributed by atoms with E-state index >= 15 is 0 Å². The molecule has 0 aromatic rings. The van der Waals surface area contributed by atoms with Crippen LogP contribution in [0.2, 0.25) is 0 Å². The van der Waals surface area contributed by atoms with Gasteiger partial charge in [-0.25, -0.2) is 0 Å². The van der Waals surface area contributed by atoms with Gasteiger partial charge in [0.05, 0.1) is 12.2 Å². The third kappa shape index (κ3) is 23.5. The van der Waals surface area contributed by atoms with Gasteiger partial charge in [-0.15, -0.1) is 0 Å². The Kier molecular flexibility index (Phi) is 31.2. The second kappa shape index (κ2) is 24.5. The van der Waals surface area contributed by atoms with Crippen LogP contribution in [0, 0.1) is 6.61 Å². The minimum absolute atomic E-state index is 0. The van der Waals surface area contributed by atoms with Crippen LogP contribution in [-0.2, 0) is 14.4 Å². The van der Waals surface area contributed by atoms with E-state index < -0.39 is 11.9 Å². The molecule has 0 aliphatic rings. The number of rotatable bonds is 11. The standard InChI is InChI=1S/C13H21N2O6.C2H6.CH4O.K/c1-10(17)2-4-12(19)15(8-9-16)7-6-14-11(18)3-5-13(20)21;2*1-2;/h9,16-17H,1-8H2,(H,14,18)(H,20,21);1-2H3;2H,1H3;/q-1;;;+1. The first-order valence-corrected chi connectivity index (χ1v) is 7.90. The Morgan fingerprint density at radius 1 is 1.04 bits per heavy atom. The van der Waals surface area contributed by atoms with Crippen molar-refractivity contribution in [2.24, 2.45) is 0 Å². The zero-order valence-electron chi connectivity index (χ0n) is 16.2. The van der Waals surface area contributed by atoms with Gasteiger partial charge in [-0.2, -0.15) is 6.61 Å². The van der Waals surface area contributed by atoms with E-state index in [1.54, 1.807) is 0 Å². The molecule has 0 heterocycles. The number of carboxylic acid groups (broad SMARTS) is 1. The van der Waals surface area contributed by atoms with Crippen LogP contribution in [0.15, 0.2) is 12.3 Å². The second-order valence-corrected chi connectivity index (χ2v) is 4.33. The SMILES string of the molecule is C=C(O)CCC(=O)N(C[CH-]O)CCNC(=O)CCC(=O)O.CC.CO.[K+]. The van der Waals surface area contributed by atoms with E-state index in [1.165, 1.54) is 4.90 Å². The largest absolute Gasteiger partial charge is 1.00 e. The van der Waals surface area contributed by atoms with E-state index in [0.29, 0.717) is 0 Å². The number of nitrogens with one attached hydrogen (secondary N) is 1. The molecule has 0 atom stereocenters. The fraction of sp³-hybridized carbons (Fsp3) is 0.625. The number of nitrogens with zero attached hydrogens (tertiary/aromatic N) is 1. The number of allylic oxidation sites excluding steroid dienone is 1. The zero-order valence-corrected chi connectivity index (χ0v) is 19.3. The maximum absolute atomic E-state index is 11.8. The predicted octanol–water partition coefficient (Wildman–Crippen LogP) is -2.18. The Morgan fingerprint density at radius 2 is 1.58 bits per heavy atom. The zero-order chi connectivity index (χ0) is 20.3. The van der Waals surface area contributed by atoms with Crippen LogP contribution in [0.5, 0.6) is 0 Å². The molecule has 0 bridgehead atoms. The minimum atomic E-state index is -1.05. The van der Waals surface area contributed by atoms with Crippen molar-refractivity contribution in [2.45, 2.75) is 39.5 Å². The number of carbonyl (C=O) groups excluding carboxylic acids is 2. The van der Waals surface area contributed by atoms with Gasteiger partial charge in [0.25, 0.3) is 0 Å². The van der Waals surface area contributed by atoms with Crippen LogP contribution < -0.4 is 56.7 Å². The van der Waals surface area contributed by atoms with Crippen LogP contribution in [-0.4, -0.2) is 69.9 Å². The maximum atomic E-state index is 11.8. The Morgan fingerprint density at radius 3 is 2.00 bits per heavy atom. The van der Waals surface area contributed by atoms with Crippen LogP contribution in [0.25, 0.3) is 0 Å². The van der Waals surface area contributed by atoms with E-state index in [2.05, 4.69) is 11.9 Å². The van der Waals surface area contributed by atoms with Gasteiger partial charge in [0.1, 0.15) is 0 Å². The molecule has 26 heavy (non-hydrogen) atoms. The van der Waals surface area contributed by atoms with Crippen molar-refractivity contribution < 1.29 is 86.2 Å². The summed E-state index contributed by atoms with van der Waals surface area (Å²) in [6.45, 7) is 8.42. The second-order valence-electron chi connectivity index (χ2n) is 4.33. The van der Waals surface area contributed by atoms with E-state index in [9.17, 15) is 14.4 Å². The molecule has 0 fully saturated rings. The van der Waals surface area contributed by atoms with Gasteiger partial charge in [-0.3, -0.25) is 14.4 Å². The predicted molar refractivity (Wildman–Crippen MR) is 93.2 cm³/mol. The van der Waals surface area contributed by atoms with Crippen LogP contribution in [0.3, 0.4) is 0 Å². The molecule has 0 aromatic heterocycles. The fourth-order valence-electron chi connectivity index (χ4n) is 1.46. The molecule has 148 valence electrons. The van der Waals surface area contributed by atoms with Crippen molar-refractivity contribution in [2.75, 3.05) is 26.7 Å². The average molecular weight is 403 g/mol. The fourth-order valence-corrected chi connectivity index (χ4v) is 1.46. The molecule has 5 N–H and O–H groups in total. The van der Waals surface area contributed by atoms with Gasteiger partial charge in [0.15, 0.2) is 0 Å². The van der Waals surface area contributed by atoms with Gasteiger partial charge >= 0.3 is 57.4 Å². The van der Waals surface area contributed by atoms with Crippen molar-refractivity contribution in [1.29, 1.82) is 0 Å². The molecule has 0 rings (SSSR count). The van der Waals surface area contributed by atoms with E-state index in [4.69, 9.17) is 20.4 Å². The summed E-state index contributed by atoms with van der Waals surface area (Å²) < 4.78 is 0. The maximum Gasteiger partial charge on any atom is 1.00 e. The Balaban J connectivity index is -0.000000449. The van der Waals surface area contributed by atoms with Gasteiger partial charge in [0.2, 0.25) is 11.8 Å². The molecule has 2 amide bonds. The Labute approximate surface area is 197 Å². The summed E-state index contributed by atoms with van der Waals surface area (Å²) in [6, 6.07) is 0. The first-order chi connectivity index (χ1) is 11.9. The summed E-state index contributed by atoms with van der Waals surface area (Å²) in [7, 11) is 1.00. The summed E-state index contributed by atoms with van der Waals surface area (Å²) in [5, 5.41) is 35.6. The summed E-state index contributed by atoms with van der Waals surface area (Å²) in [5.41, 5.74) is 0. The van der Waals surface area contributed by atoms with Crippen LogP contribution in [0.4, 0.5) is 0 Å². The molecular weight excluding hydrogens is 371 g/mol. The summed E-state index contributed by atoms with van der Waals surface area (Å²) in [6.07, 6.45) is -0.195. The van der Waals surface area contributed by atoms with Crippen LogP contribution in [0.1, 0.15) is 39.5 Å². The van der Waals surface area contributed by atoms with E-state index in [-0.39, 0.29) is 108 Å². The van der Waals surface area contributed by atoms with Crippen molar-refractivity contribution in [3.05, 3.63) is 18.9 Å². The molecule has 0 saturated carbocycles. The van der Waals surface area contributed by atoms with Crippen molar-refractivity contribution in [3.63, 3.8) is 0 Å². The molecule has 0 aliphatic carbocycles. The van der Waals surface area contributed by atoms with Gasteiger partial charge in [0, 0.05) is 39.5 Å². The van der Waals surface area contributed by atoms with Crippen molar-refractivity contribution in [1.82, 2.24) is 10.2 Å². The number of carboxylic acids is 1. The number of aliphatic hydroxyl groups is 3. The van der Waals surface area contributed by atoms with E-state index in [0.717, 1.165) is 13.7 Å². The van der Waals surface area contributed by atoms with Gasteiger partial charge in [-0.1, -0.05) is 27.0 Å². The normalized spacial score (nSPS) is 8.50. The Hall–Kier alpha value is -0.494. The molecular formula is C16H31KN2O7. The number of carbonyl (C=O) groups is 3. The summed E-state index contributed by atoms with van der Waals surface area (Å²) in [5.74, 6) is -1.86. The van der Waals surface area contributed by atoms with Crippen LogP contribution >= 0.6 is 0 Å². The molecule has 10 heteroatoms. The molecule has 9 nitrogen and oxygen atoms in total. The average Bonchev–Trinajstić information content (AvgIpc) is 2.60. The smallest absolute Gasteiger partial charge is 0.564 e. The molecule has 0 aromatic carbocycles. The molecule has 0 spiro atoms. The molecule has 0 saturated heterocycles. The Bertz CT molecular complexity index is 393. The minimum Gasteiger partial charge on any atom is -0.564 e. The van der Waals surface area contributed by atoms with E-state index in [1.807, 2.05) is 13.8 Å². The number of aliphatic carboxylic acids is 1. The first kappa shape index (κ1) is 33.1. The third-order valence-corrected chi connectivity index (χ3v) is 2.55.